The molecule has 0 aliphatic heterocycles. The van der Waals surface area contributed by atoms with E-state index >= 15 is 0 Å². The molecule has 4 rings (SSSR count). The molecule has 1 aliphatic carbocycles. The molecule has 1 aliphatic rings. The van der Waals surface area contributed by atoms with E-state index in [9.17, 15) is 8.42 Å². The summed E-state index contributed by atoms with van der Waals surface area (Å²) in [5, 5.41) is 5.44. The molecule has 32 heavy (non-hydrogen) atoms. The van der Waals surface area contributed by atoms with Gasteiger partial charge in [-0.2, -0.15) is 0 Å². The van der Waals surface area contributed by atoms with Crippen molar-refractivity contribution in [1.29, 1.82) is 0 Å². The summed E-state index contributed by atoms with van der Waals surface area (Å²) in [6.45, 7) is 2.13. The van der Waals surface area contributed by atoms with Crippen molar-refractivity contribution in [3.63, 3.8) is 0 Å². The number of fused-ring (bicyclic) bond motifs is 1. The van der Waals surface area contributed by atoms with Gasteiger partial charge in [0.1, 0.15) is 17.8 Å². The molecule has 0 spiro atoms. The third-order valence-electron chi connectivity index (χ3n) is 5.18. The highest BCUT2D eigenvalue weighted by Crippen LogP contribution is 2.34. The van der Waals surface area contributed by atoms with Crippen molar-refractivity contribution in [3.05, 3.63) is 59.4 Å². The number of aromatic nitrogens is 3. The SMILES string of the molecule is COc1ncc(-c2ccc3ncnc(NC4=CCCC(C)=C4P)c3c2)cc1NS(C)(=O)=O. The molecule has 2 aromatic heterocycles. The maximum Gasteiger partial charge on any atom is 0.238 e. The third-order valence-corrected chi connectivity index (χ3v) is 6.57. The van der Waals surface area contributed by atoms with Gasteiger partial charge in [0.25, 0.3) is 0 Å². The number of anilines is 2. The quantitative estimate of drug-likeness (QED) is 0.518. The second-order valence-electron chi connectivity index (χ2n) is 7.58. The van der Waals surface area contributed by atoms with Gasteiger partial charge in [-0.15, -0.1) is 9.24 Å². The molecule has 1 aromatic carbocycles. The first-order valence-electron chi connectivity index (χ1n) is 9.95. The van der Waals surface area contributed by atoms with Gasteiger partial charge in [0.05, 0.1) is 18.9 Å². The van der Waals surface area contributed by atoms with Crippen LogP contribution in [0.15, 0.2) is 59.4 Å². The average molecular weight is 470 g/mol. The van der Waals surface area contributed by atoms with Crippen LogP contribution in [0.2, 0.25) is 0 Å². The molecule has 0 bridgehead atoms. The number of benzene rings is 1. The first kappa shape index (κ1) is 22.2. The Bertz CT molecular complexity index is 1370. The van der Waals surface area contributed by atoms with E-state index < -0.39 is 10.0 Å². The number of sulfonamides is 1. The van der Waals surface area contributed by atoms with E-state index in [4.69, 9.17) is 4.74 Å². The summed E-state index contributed by atoms with van der Waals surface area (Å²) < 4.78 is 31.1. The maximum absolute atomic E-state index is 11.7. The van der Waals surface area contributed by atoms with Crippen LogP contribution in [0.3, 0.4) is 0 Å². The zero-order chi connectivity index (χ0) is 22.9. The first-order chi connectivity index (χ1) is 15.2. The normalized spacial score (nSPS) is 14.3. The lowest BCUT2D eigenvalue weighted by atomic mass is 10.0. The molecule has 2 N–H and O–H groups in total. The number of hydrogen-bond acceptors (Lipinski definition) is 7. The minimum atomic E-state index is -3.49. The van der Waals surface area contributed by atoms with Crippen molar-refractivity contribution in [2.24, 2.45) is 0 Å². The Kier molecular flexibility index (Phi) is 6.13. The van der Waals surface area contributed by atoms with Crippen LogP contribution in [0.25, 0.3) is 22.0 Å². The van der Waals surface area contributed by atoms with Gasteiger partial charge in [-0.3, -0.25) is 4.72 Å². The van der Waals surface area contributed by atoms with Gasteiger partial charge in [0.2, 0.25) is 15.9 Å². The van der Waals surface area contributed by atoms with Crippen molar-refractivity contribution in [2.75, 3.05) is 23.4 Å². The van der Waals surface area contributed by atoms with Crippen LogP contribution in [0, 0.1) is 0 Å². The lowest BCUT2D eigenvalue weighted by Gasteiger charge is -2.19. The lowest BCUT2D eigenvalue weighted by Crippen LogP contribution is -2.11. The number of rotatable bonds is 6. The van der Waals surface area contributed by atoms with E-state index in [0.29, 0.717) is 5.82 Å². The Morgan fingerprint density at radius 2 is 1.94 bits per heavy atom. The maximum atomic E-state index is 11.7. The second-order valence-corrected chi connectivity index (χ2v) is 9.91. The number of pyridine rings is 1. The highest BCUT2D eigenvalue weighted by atomic mass is 32.2. The highest BCUT2D eigenvalue weighted by molar-refractivity contribution is 7.92. The van der Waals surface area contributed by atoms with E-state index in [1.807, 2.05) is 18.2 Å². The predicted molar refractivity (Wildman–Crippen MR) is 131 cm³/mol. The van der Waals surface area contributed by atoms with Gasteiger partial charge in [0.15, 0.2) is 0 Å². The summed E-state index contributed by atoms with van der Waals surface area (Å²) >= 11 is 0. The Hall–Kier alpha value is -3.03. The van der Waals surface area contributed by atoms with E-state index in [1.54, 1.807) is 12.3 Å². The van der Waals surface area contributed by atoms with Gasteiger partial charge < -0.3 is 10.1 Å². The minimum Gasteiger partial charge on any atom is -0.480 e. The molecule has 3 aromatic rings. The number of methoxy groups -OCH3 is 1. The number of ether oxygens (including phenoxy) is 1. The largest absolute Gasteiger partial charge is 0.480 e. The van der Waals surface area contributed by atoms with Crippen molar-refractivity contribution in [2.45, 2.75) is 19.8 Å². The summed E-state index contributed by atoms with van der Waals surface area (Å²) in [4.78, 5) is 13.1. The molecule has 8 nitrogen and oxygen atoms in total. The van der Waals surface area contributed by atoms with Crippen molar-refractivity contribution >= 4 is 41.7 Å². The second kappa shape index (κ2) is 8.84. The van der Waals surface area contributed by atoms with Crippen LogP contribution in [0.4, 0.5) is 11.5 Å². The Labute approximate surface area is 189 Å². The molecule has 1 unspecified atom stereocenters. The molecule has 1 atom stereocenters. The molecule has 0 saturated heterocycles. The topological polar surface area (TPSA) is 106 Å². The summed E-state index contributed by atoms with van der Waals surface area (Å²) in [5.41, 5.74) is 5.00. The van der Waals surface area contributed by atoms with Gasteiger partial charge in [-0.1, -0.05) is 17.7 Å². The summed E-state index contributed by atoms with van der Waals surface area (Å²) in [7, 11) is 0.756. The van der Waals surface area contributed by atoms with Crippen LogP contribution < -0.4 is 14.8 Å². The Morgan fingerprint density at radius 3 is 2.69 bits per heavy atom. The lowest BCUT2D eigenvalue weighted by molar-refractivity contribution is 0.400. The standard InChI is InChI=1S/C22H24N5O3PS/c1-13-5-4-6-18(20(13)31)26-21-16-9-14(7-8-17(16)24-12-25-21)15-10-19(27-32(3,28)29)22(30-2)23-11-15/h6-12,27H,4-5,31H2,1-3H3,(H,24,25,26). The zero-order valence-corrected chi connectivity index (χ0v) is 20.0. The van der Waals surface area contributed by atoms with Gasteiger partial charge in [-0.25, -0.2) is 23.4 Å². The highest BCUT2D eigenvalue weighted by Gasteiger charge is 2.15. The fraction of sp³-hybridized carbons (Fsp3) is 0.227. The van der Waals surface area contributed by atoms with Crippen LogP contribution in [0.5, 0.6) is 5.88 Å². The molecule has 0 saturated carbocycles. The third kappa shape index (κ3) is 4.74. The minimum absolute atomic E-state index is 0.199. The average Bonchev–Trinajstić information content (AvgIpc) is 2.76. The fourth-order valence-electron chi connectivity index (χ4n) is 3.53. The monoisotopic (exact) mass is 469 g/mol. The van der Waals surface area contributed by atoms with E-state index in [2.05, 4.69) is 47.2 Å². The zero-order valence-electron chi connectivity index (χ0n) is 18.0. The van der Waals surface area contributed by atoms with Crippen LogP contribution >= 0.6 is 9.24 Å². The predicted octanol–water partition coefficient (Wildman–Crippen LogP) is 4.31. The van der Waals surface area contributed by atoms with Crippen LogP contribution in [0.1, 0.15) is 19.8 Å². The molecule has 2 heterocycles. The summed E-state index contributed by atoms with van der Waals surface area (Å²) in [6, 6.07) is 7.48. The summed E-state index contributed by atoms with van der Waals surface area (Å²) in [6.07, 6.45) is 8.46. The van der Waals surface area contributed by atoms with Crippen LogP contribution in [-0.4, -0.2) is 36.7 Å². The smallest absolute Gasteiger partial charge is 0.238 e. The molecule has 0 amide bonds. The van der Waals surface area contributed by atoms with Gasteiger partial charge >= 0.3 is 0 Å². The molecule has 166 valence electrons. The number of nitrogens with one attached hydrogen (secondary N) is 2. The van der Waals surface area contributed by atoms with E-state index in [-0.39, 0.29) is 11.6 Å². The molecule has 10 heteroatoms. The van der Waals surface area contributed by atoms with Crippen molar-refractivity contribution in [3.8, 4) is 17.0 Å². The van der Waals surface area contributed by atoms with Gasteiger partial charge in [0, 0.05) is 22.8 Å². The van der Waals surface area contributed by atoms with Gasteiger partial charge in [-0.05, 0) is 48.8 Å². The molecular weight excluding hydrogens is 445 g/mol. The Balaban J connectivity index is 1.76. The van der Waals surface area contributed by atoms with Crippen molar-refractivity contribution in [1.82, 2.24) is 15.0 Å². The Morgan fingerprint density at radius 1 is 1.12 bits per heavy atom. The van der Waals surface area contributed by atoms with E-state index in [1.165, 1.54) is 19.0 Å². The molecule has 0 fully saturated rings. The fourth-order valence-corrected chi connectivity index (χ4v) is 4.41. The van der Waals surface area contributed by atoms with Crippen LogP contribution in [-0.2, 0) is 10.0 Å². The number of nitrogens with zero attached hydrogens (tertiary/aromatic N) is 3. The molecular formula is C22H24N5O3PS. The summed E-state index contributed by atoms with van der Waals surface area (Å²) in [5.74, 6) is 0.902. The number of hydrogen-bond donors (Lipinski definition) is 2. The molecule has 0 radical (unpaired) electrons. The van der Waals surface area contributed by atoms with Crippen molar-refractivity contribution < 1.29 is 13.2 Å². The van der Waals surface area contributed by atoms with E-state index in [0.717, 1.165) is 52.1 Å². The first-order valence-corrected chi connectivity index (χ1v) is 12.4. The number of allylic oxidation sites excluding steroid dienone is 3.